The zero-order valence-corrected chi connectivity index (χ0v) is 12.1. The van der Waals surface area contributed by atoms with E-state index in [-0.39, 0.29) is 18.4 Å². The van der Waals surface area contributed by atoms with Crippen LogP contribution in [0, 0.1) is 5.92 Å². The van der Waals surface area contributed by atoms with Crippen molar-refractivity contribution < 1.29 is 9.84 Å². The minimum atomic E-state index is -0.496. The molecular weight excluding hydrogens is 250 g/mol. The van der Waals surface area contributed by atoms with Gasteiger partial charge in [0, 0.05) is 0 Å². The van der Waals surface area contributed by atoms with Crippen molar-refractivity contribution in [1.82, 2.24) is 0 Å². The second-order valence-electron chi connectivity index (χ2n) is 4.84. The number of rotatable bonds is 6. The van der Waals surface area contributed by atoms with Gasteiger partial charge >= 0.3 is 0 Å². The lowest BCUT2D eigenvalue weighted by atomic mass is 9.96. The number of hydrogen-bond acceptors (Lipinski definition) is 3. The van der Waals surface area contributed by atoms with Crippen LogP contribution in [0.2, 0.25) is 0 Å². The molecular formula is C14H24ClNO2. The van der Waals surface area contributed by atoms with E-state index in [9.17, 15) is 5.11 Å². The fraction of sp³-hybridized carbons (Fsp3) is 0.571. The van der Waals surface area contributed by atoms with E-state index in [1.54, 1.807) is 7.11 Å². The lowest BCUT2D eigenvalue weighted by Gasteiger charge is -2.20. The summed E-state index contributed by atoms with van der Waals surface area (Å²) in [5.41, 5.74) is 6.96. The minimum Gasteiger partial charge on any atom is -0.497 e. The van der Waals surface area contributed by atoms with Crippen LogP contribution in [0.5, 0.6) is 5.75 Å². The van der Waals surface area contributed by atoms with Crippen LogP contribution in [0.3, 0.4) is 0 Å². The summed E-state index contributed by atoms with van der Waals surface area (Å²) in [4.78, 5) is 0. The first-order chi connectivity index (χ1) is 8.04. The summed E-state index contributed by atoms with van der Waals surface area (Å²) in [7, 11) is 1.62. The Bertz CT molecular complexity index is 344. The van der Waals surface area contributed by atoms with Crippen molar-refractivity contribution in [1.29, 1.82) is 0 Å². The van der Waals surface area contributed by atoms with Gasteiger partial charge in [-0.3, -0.25) is 0 Å². The second kappa shape index (κ2) is 8.35. The molecule has 0 bridgehead atoms. The molecule has 18 heavy (non-hydrogen) atoms. The lowest BCUT2D eigenvalue weighted by molar-refractivity contribution is 0.128. The maximum Gasteiger partial charge on any atom is 0.119 e. The average molecular weight is 274 g/mol. The fourth-order valence-corrected chi connectivity index (χ4v) is 1.75. The van der Waals surface area contributed by atoms with Crippen molar-refractivity contribution in [2.75, 3.05) is 7.11 Å². The van der Waals surface area contributed by atoms with E-state index >= 15 is 0 Å². The SMILES string of the molecule is COc1cccc([C@@H](N)[C@@H](O)CCC(C)C)c1.Cl. The van der Waals surface area contributed by atoms with E-state index in [1.165, 1.54) is 0 Å². The Balaban J connectivity index is 0.00000289. The highest BCUT2D eigenvalue weighted by atomic mass is 35.5. The van der Waals surface area contributed by atoms with Crippen LogP contribution in [0.1, 0.15) is 38.3 Å². The van der Waals surface area contributed by atoms with Gasteiger partial charge in [0.15, 0.2) is 0 Å². The van der Waals surface area contributed by atoms with Gasteiger partial charge in [-0.1, -0.05) is 26.0 Å². The topological polar surface area (TPSA) is 55.5 Å². The van der Waals surface area contributed by atoms with E-state index in [1.807, 2.05) is 24.3 Å². The Labute approximate surface area is 116 Å². The summed E-state index contributed by atoms with van der Waals surface area (Å²) in [6, 6.07) is 7.22. The van der Waals surface area contributed by atoms with Gasteiger partial charge in [0.1, 0.15) is 5.75 Å². The van der Waals surface area contributed by atoms with Gasteiger partial charge in [-0.25, -0.2) is 0 Å². The molecule has 0 spiro atoms. The molecule has 3 nitrogen and oxygen atoms in total. The monoisotopic (exact) mass is 273 g/mol. The third kappa shape index (κ3) is 5.25. The molecule has 2 atom stereocenters. The highest BCUT2D eigenvalue weighted by Gasteiger charge is 2.17. The first-order valence-electron chi connectivity index (χ1n) is 6.12. The van der Waals surface area contributed by atoms with Crippen molar-refractivity contribution in [2.45, 2.75) is 38.8 Å². The number of ether oxygens (including phenoxy) is 1. The number of benzene rings is 1. The second-order valence-corrected chi connectivity index (χ2v) is 4.84. The summed E-state index contributed by atoms with van der Waals surface area (Å²) in [5, 5.41) is 10.0. The first kappa shape index (κ1) is 17.2. The molecule has 0 saturated carbocycles. The minimum absolute atomic E-state index is 0. The van der Waals surface area contributed by atoms with Gasteiger partial charge in [-0.15, -0.1) is 12.4 Å². The molecule has 0 unspecified atom stereocenters. The smallest absolute Gasteiger partial charge is 0.119 e. The molecule has 104 valence electrons. The zero-order chi connectivity index (χ0) is 12.8. The Kier molecular flexibility index (Phi) is 8.00. The zero-order valence-electron chi connectivity index (χ0n) is 11.3. The van der Waals surface area contributed by atoms with Gasteiger partial charge < -0.3 is 15.6 Å². The number of hydrogen-bond donors (Lipinski definition) is 2. The number of halogens is 1. The summed E-state index contributed by atoms with van der Waals surface area (Å²) in [6.45, 7) is 4.29. The molecule has 3 N–H and O–H groups in total. The van der Waals surface area contributed by atoms with Crippen molar-refractivity contribution in [3.63, 3.8) is 0 Å². The summed E-state index contributed by atoms with van der Waals surface area (Å²) in [5.74, 6) is 1.36. The molecule has 0 aliphatic heterocycles. The van der Waals surface area contributed by atoms with Crippen LogP contribution in [0.4, 0.5) is 0 Å². The van der Waals surface area contributed by atoms with E-state index in [4.69, 9.17) is 10.5 Å². The molecule has 0 saturated heterocycles. The molecule has 0 aromatic heterocycles. The Morgan fingerprint density at radius 1 is 1.28 bits per heavy atom. The highest BCUT2D eigenvalue weighted by molar-refractivity contribution is 5.85. The third-order valence-corrected chi connectivity index (χ3v) is 2.93. The standard InChI is InChI=1S/C14H23NO2.ClH/c1-10(2)7-8-13(16)14(15)11-5-4-6-12(9-11)17-3;/h4-6,9-10,13-14,16H,7-8,15H2,1-3H3;1H/t13-,14+;/m0./s1. The van der Waals surface area contributed by atoms with E-state index < -0.39 is 6.10 Å². The maximum atomic E-state index is 10.0. The number of nitrogens with two attached hydrogens (primary N) is 1. The molecule has 0 aliphatic carbocycles. The summed E-state index contributed by atoms with van der Waals surface area (Å²) >= 11 is 0. The number of aliphatic hydroxyl groups excluding tert-OH is 1. The van der Waals surface area contributed by atoms with Crippen LogP contribution >= 0.6 is 12.4 Å². The molecule has 1 aromatic carbocycles. The molecule has 0 heterocycles. The van der Waals surface area contributed by atoms with Crippen molar-refractivity contribution >= 4 is 12.4 Å². The quantitative estimate of drug-likeness (QED) is 0.838. The van der Waals surface area contributed by atoms with E-state index in [0.717, 1.165) is 24.2 Å². The van der Waals surface area contributed by atoms with E-state index in [0.29, 0.717) is 5.92 Å². The number of aliphatic hydroxyl groups is 1. The Morgan fingerprint density at radius 3 is 2.50 bits per heavy atom. The normalized spacial score (nSPS) is 13.9. The Hall–Kier alpha value is -0.770. The third-order valence-electron chi connectivity index (χ3n) is 2.93. The summed E-state index contributed by atoms with van der Waals surface area (Å²) in [6.07, 6.45) is 1.22. The predicted octanol–water partition coefficient (Wildman–Crippen LogP) is 2.91. The number of methoxy groups -OCH3 is 1. The van der Waals surface area contributed by atoms with Crippen LogP contribution in [0.15, 0.2) is 24.3 Å². The van der Waals surface area contributed by atoms with Gasteiger partial charge in [-0.2, -0.15) is 0 Å². The van der Waals surface area contributed by atoms with Crippen LogP contribution in [-0.2, 0) is 0 Å². The highest BCUT2D eigenvalue weighted by Crippen LogP contribution is 2.22. The predicted molar refractivity (Wildman–Crippen MR) is 77.2 cm³/mol. The molecule has 0 amide bonds. The van der Waals surface area contributed by atoms with Gasteiger partial charge in [0.25, 0.3) is 0 Å². The largest absolute Gasteiger partial charge is 0.497 e. The average Bonchev–Trinajstić information content (AvgIpc) is 2.35. The van der Waals surface area contributed by atoms with Gasteiger partial charge in [0.2, 0.25) is 0 Å². The van der Waals surface area contributed by atoms with E-state index in [2.05, 4.69) is 13.8 Å². The van der Waals surface area contributed by atoms with Crippen LogP contribution in [0.25, 0.3) is 0 Å². The summed E-state index contributed by atoms with van der Waals surface area (Å²) < 4.78 is 5.15. The molecule has 4 heteroatoms. The Morgan fingerprint density at radius 2 is 1.94 bits per heavy atom. The fourth-order valence-electron chi connectivity index (χ4n) is 1.75. The van der Waals surface area contributed by atoms with Gasteiger partial charge in [-0.05, 0) is 36.5 Å². The first-order valence-corrected chi connectivity index (χ1v) is 6.12. The molecule has 0 radical (unpaired) electrons. The molecule has 0 aliphatic rings. The molecule has 1 rings (SSSR count). The molecule has 1 aromatic rings. The molecule has 0 fully saturated rings. The van der Waals surface area contributed by atoms with Gasteiger partial charge in [0.05, 0.1) is 19.3 Å². The maximum absolute atomic E-state index is 10.0. The lowest BCUT2D eigenvalue weighted by Crippen LogP contribution is -2.26. The van der Waals surface area contributed by atoms with Crippen molar-refractivity contribution in [3.05, 3.63) is 29.8 Å². The van der Waals surface area contributed by atoms with Crippen LogP contribution in [-0.4, -0.2) is 18.3 Å². The van der Waals surface area contributed by atoms with Crippen LogP contribution < -0.4 is 10.5 Å². The van der Waals surface area contributed by atoms with Crippen molar-refractivity contribution in [3.8, 4) is 5.75 Å². The van der Waals surface area contributed by atoms with Crippen molar-refractivity contribution in [2.24, 2.45) is 11.7 Å².